The van der Waals surface area contributed by atoms with Gasteiger partial charge in [0.25, 0.3) is 0 Å². The topological polar surface area (TPSA) is 0 Å². The van der Waals surface area contributed by atoms with Gasteiger partial charge in [0.05, 0.1) is 0 Å². The maximum Gasteiger partial charge on any atom is 0.0430 e. The van der Waals surface area contributed by atoms with E-state index in [4.69, 9.17) is 11.6 Å². The predicted molar refractivity (Wildman–Crippen MR) is 75.8 cm³/mol. The van der Waals surface area contributed by atoms with Crippen LogP contribution in [0.5, 0.6) is 0 Å². The molecule has 0 spiro atoms. The summed E-state index contributed by atoms with van der Waals surface area (Å²) < 4.78 is 0. The molecule has 0 amide bonds. The Morgan fingerprint density at radius 1 is 1.18 bits per heavy atom. The van der Waals surface area contributed by atoms with Crippen LogP contribution in [0.4, 0.5) is 0 Å². The lowest BCUT2D eigenvalue weighted by atomic mass is 9.82. The molecule has 0 saturated heterocycles. The molecule has 2 rings (SSSR count). The SMILES string of the molecule is Cc1ccc(CC(Cl)C2(C)CCCC2)cc1C. The second-order valence-electron chi connectivity index (χ2n) is 5.95. The van der Waals surface area contributed by atoms with Gasteiger partial charge < -0.3 is 0 Å². The highest BCUT2D eigenvalue weighted by atomic mass is 35.5. The van der Waals surface area contributed by atoms with Gasteiger partial charge in [-0.1, -0.05) is 38.0 Å². The molecule has 1 heteroatoms. The van der Waals surface area contributed by atoms with E-state index in [9.17, 15) is 0 Å². The first-order valence-electron chi connectivity index (χ1n) is 6.71. The zero-order valence-electron chi connectivity index (χ0n) is 11.2. The molecule has 1 aliphatic carbocycles. The lowest BCUT2D eigenvalue weighted by molar-refractivity contribution is 0.316. The van der Waals surface area contributed by atoms with Crippen molar-refractivity contribution < 1.29 is 0 Å². The molecular weight excluding hydrogens is 228 g/mol. The molecule has 0 aromatic heterocycles. The van der Waals surface area contributed by atoms with Crippen LogP contribution in [0.25, 0.3) is 0 Å². The minimum absolute atomic E-state index is 0.284. The Morgan fingerprint density at radius 2 is 1.82 bits per heavy atom. The van der Waals surface area contributed by atoms with E-state index in [1.165, 1.54) is 42.4 Å². The molecule has 1 aromatic rings. The summed E-state index contributed by atoms with van der Waals surface area (Å²) in [7, 11) is 0. The van der Waals surface area contributed by atoms with Gasteiger partial charge in [-0.3, -0.25) is 0 Å². The molecule has 0 nitrogen and oxygen atoms in total. The molecular formula is C16H23Cl. The maximum absolute atomic E-state index is 6.65. The van der Waals surface area contributed by atoms with Crippen LogP contribution < -0.4 is 0 Å². The molecule has 1 aromatic carbocycles. The minimum atomic E-state index is 0.284. The summed E-state index contributed by atoms with van der Waals surface area (Å²) in [6.45, 7) is 6.70. The first-order chi connectivity index (χ1) is 8.01. The highest BCUT2D eigenvalue weighted by molar-refractivity contribution is 6.21. The highest BCUT2D eigenvalue weighted by Gasteiger charge is 2.35. The zero-order valence-corrected chi connectivity index (χ0v) is 12.0. The van der Waals surface area contributed by atoms with E-state index in [-0.39, 0.29) is 5.38 Å². The van der Waals surface area contributed by atoms with Crippen LogP contribution >= 0.6 is 11.6 Å². The van der Waals surface area contributed by atoms with E-state index in [2.05, 4.69) is 39.0 Å². The number of halogens is 1. The van der Waals surface area contributed by atoms with Crippen LogP contribution in [0.15, 0.2) is 18.2 Å². The van der Waals surface area contributed by atoms with E-state index >= 15 is 0 Å². The quantitative estimate of drug-likeness (QED) is 0.660. The van der Waals surface area contributed by atoms with E-state index in [0.717, 1.165) is 6.42 Å². The molecule has 0 heterocycles. The fourth-order valence-corrected chi connectivity index (χ4v) is 3.28. The van der Waals surface area contributed by atoms with E-state index < -0.39 is 0 Å². The van der Waals surface area contributed by atoms with Gasteiger partial charge >= 0.3 is 0 Å². The average molecular weight is 251 g/mol. The molecule has 1 unspecified atom stereocenters. The Hall–Kier alpha value is -0.490. The van der Waals surface area contributed by atoms with Gasteiger partial charge in [-0.25, -0.2) is 0 Å². The summed E-state index contributed by atoms with van der Waals surface area (Å²) in [5.41, 5.74) is 4.50. The third-order valence-electron chi connectivity index (χ3n) is 4.49. The fraction of sp³-hybridized carbons (Fsp3) is 0.625. The maximum atomic E-state index is 6.65. The molecule has 1 saturated carbocycles. The second-order valence-corrected chi connectivity index (χ2v) is 6.48. The summed E-state index contributed by atoms with van der Waals surface area (Å²) >= 11 is 6.65. The van der Waals surface area contributed by atoms with Crippen LogP contribution in [0, 0.1) is 19.3 Å². The number of hydrogen-bond acceptors (Lipinski definition) is 0. The van der Waals surface area contributed by atoms with E-state index in [1.807, 2.05) is 0 Å². The molecule has 0 bridgehead atoms. The number of rotatable bonds is 3. The Bertz CT molecular complexity index is 389. The van der Waals surface area contributed by atoms with Crippen molar-refractivity contribution in [2.75, 3.05) is 0 Å². The van der Waals surface area contributed by atoms with Crippen molar-refractivity contribution in [1.82, 2.24) is 0 Å². The molecule has 17 heavy (non-hydrogen) atoms. The average Bonchev–Trinajstić information content (AvgIpc) is 2.72. The number of aryl methyl sites for hydroxylation is 2. The zero-order chi connectivity index (χ0) is 12.5. The lowest BCUT2D eigenvalue weighted by Gasteiger charge is -2.29. The molecule has 0 aliphatic heterocycles. The molecule has 1 fully saturated rings. The van der Waals surface area contributed by atoms with Crippen molar-refractivity contribution in [3.8, 4) is 0 Å². The molecule has 0 N–H and O–H groups in total. The van der Waals surface area contributed by atoms with Crippen LogP contribution in [0.3, 0.4) is 0 Å². The summed E-state index contributed by atoms with van der Waals surface area (Å²) in [5.74, 6) is 0. The van der Waals surface area contributed by atoms with E-state index in [1.54, 1.807) is 0 Å². The molecule has 94 valence electrons. The smallest absolute Gasteiger partial charge is 0.0430 e. The lowest BCUT2D eigenvalue weighted by Crippen LogP contribution is -2.26. The van der Waals surface area contributed by atoms with Crippen molar-refractivity contribution in [1.29, 1.82) is 0 Å². The Morgan fingerprint density at radius 3 is 2.41 bits per heavy atom. The van der Waals surface area contributed by atoms with Crippen molar-refractivity contribution in [3.05, 3.63) is 34.9 Å². The number of alkyl halides is 1. The highest BCUT2D eigenvalue weighted by Crippen LogP contribution is 2.44. The van der Waals surface area contributed by atoms with E-state index in [0.29, 0.717) is 5.41 Å². The first-order valence-corrected chi connectivity index (χ1v) is 7.15. The second kappa shape index (κ2) is 5.02. The van der Waals surface area contributed by atoms with Crippen molar-refractivity contribution >= 4 is 11.6 Å². The van der Waals surface area contributed by atoms with Crippen LogP contribution in [-0.4, -0.2) is 5.38 Å². The van der Waals surface area contributed by atoms with Crippen LogP contribution in [0.2, 0.25) is 0 Å². The standard InChI is InChI=1S/C16H23Cl/c1-12-6-7-14(10-13(12)2)11-15(17)16(3)8-4-5-9-16/h6-7,10,15H,4-5,8-9,11H2,1-3H3. The largest absolute Gasteiger partial charge is 0.122 e. The van der Waals surface area contributed by atoms with Gasteiger partial charge in [0.15, 0.2) is 0 Å². The third-order valence-corrected chi connectivity index (χ3v) is 5.17. The predicted octanol–water partition coefficient (Wildman–Crippen LogP) is 5.03. The fourth-order valence-electron chi connectivity index (χ4n) is 2.88. The van der Waals surface area contributed by atoms with Gasteiger partial charge in [0.2, 0.25) is 0 Å². The Labute approximate surface area is 110 Å². The summed E-state index contributed by atoms with van der Waals surface area (Å²) in [5, 5.41) is 0.284. The summed E-state index contributed by atoms with van der Waals surface area (Å²) in [6, 6.07) is 6.74. The van der Waals surface area contributed by atoms with Gasteiger partial charge in [0.1, 0.15) is 0 Å². The third kappa shape index (κ3) is 2.85. The molecule has 1 aliphatic rings. The van der Waals surface area contributed by atoms with Gasteiger partial charge in [-0.15, -0.1) is 11.6 Å². The molecule has 1 atom stereocenters. The van der Waals surface area contributed by atoms with Crippen molar-refractivity contribution in [3.63, 3.8) is 0 Å². The first kappa shape index (κ1) is 13.0. The van der Waals surface area contributed by atoms with Gasteiger partial charge in [-0.05, 0) is 55.2 Å². The van der Waals surface area contributed by atoms with Gasteiger partial charge in [-0.2, -0.15) is 0 Å². The van der Waals surface area contributed by atoms with Crippen molar-refractivity contribution in [2.24, 2.45) is 5.41 Å². The summed E-state index contributed by atoms with van der Waals surface area (Å²) in [4.78, 5) is 0. The Kier molecular flexibility index (Phi) is 3.82. The molecule has 0 radical (unpaired) electrons. The number of hydrogen-bond donors (Lipinski definition) is 0. The Balaban J connectivity index is 2.07. The van der Waals surface area contributed by atoms with Crippen LogP contribution in [0.1, 0.15) is 49.3 Å². The van der Waals surface area contributed by atoms with Crippen LogP contribution in [-0.2, 0) is 6.42 Å². The number of benzene rings is 1. The normalized spacial score (nSPS) is 20.5. The summed E-state index contributed by atoms with van der Waals surface area (Å²) in [6.07, 6.45) is 6.32. The minimum Gasteiger partial charge on any atom is -0.122 e. The van der Waals surface area contributed by atoms with Crippen molar-refractivity contribution in [2.45, 2.75) is 58.3 Å². The van der Waals surface area contributed by atoms with Gasteiger partial charge in [0, 0.05) is 5.38 Å². The monoisotopic (exact) mass is 250 g/mol.